The van der Waals surface area contributed by atoms with Crippen molar-refractivity contribution in [1.82, 2.24) is 4.57 Å². The van der Waals surface area contributed by atoms with Crippen molar-refractivity contribution in [3.63, 3.8) is 0 Å². The van der Waals surface area contributed by atoms with Crippen LogP contribution in [-0.4, -0.2) is 9.49 Å². The molecular weight excluding hydrogens is 288 g/mol. The Bertz CT molecular complexity index is 520. The number of nitro groups is 1. The number of nitrogens with zero attached hydrogens (tertiary/aromatic N) is 2. The SMILES string of the molecule is CCC1(Cn2cc(Br)cc([N+](=O)[O-])c2=O)CC1. The summed E-state index contributed by atoms with van der Waals surface area (Å²) in [5.74, 6) is 0. The molecule has 6 heteroatoms. The summed E-state index contributed by atoms with van der Waals surface area (Å²) in [6.45, 7) is 2.66. The summed E-state index contributed by atoms with van der Waals surface area (Å²) in [6, 6.07) is 1.25. The zero-order valence-electron chi connectivity index (χ0n) is 9.48. The van der Waals surface area contributed by atoms with Crippen LogP contribution < -0.4 is 5.56 Å². The molecule has 0 bridgehead atoms. The first-order valence-corrected chi connectivity index (χ1v) is 6.31. The van der Waals surface area contributed by atoms with Gasteiger partial charge in [0, 0.05) is 23.3 Å². The summed E-state index contributed by atoms with van der Waals surface area (Å²) < 4.78 is 2.02. The summed E-state index contributed by atoms with van der Waals surface area (Å²) in [5.41, 5.74) is -0.706. The lowest BCUT2D eigenvalue weighted by Crippen LogP contribution is -2.26. The molecule has 2 rings (SSSR count). The van der Waals surface area contributed by atoms with Gasteiger partial charge >= 0.3 is 11.2 Å². The maximum atomic E-state index is 11.9. The van der Waals surface area contributed by atoms with Crippen LogP contribution in [-0.2, 0) is 6.54 Å². The molecule has 0 atom stereocenters. The van der Waals surface area contributed by atoms with Gasteiger partial charge in [-0.1, -0.05) is 6.92 Å². The summed E-state index contributed by atoms with van der Waals surface area (Å²) >= 11 is 3.20. The third-order valence-corrected chi connectivity index (χ3v) is 3.88. The number of halogens is 1. The van der Waals surface area contributed by atoms with E-state index in [0.717, 1.165) is 19.3 Å². The standard InChI is InChI=1S/C11H13BrN2O3/c1-2-11(3-4-11)7-13-6-8(12)5-9(10(13)15)14(16)17/h5-6H,2-4,7H2,1H3. The molecule has 0 radical (unpaired) electrons. The summed E-state index contributed by atoms with van der Waals surface area (Å²) in [5, 5.41) is 10.7. The molecule has 0 saturated heterocycles. The van der Waals surface area contributed by atoms with Crippen LogP contribution in [0.5, 0.6) is 0 Å². The van der Waals surface area contributed by atoms with E-state index in [1.807, 2.05) is 0 Å². The Morgan fingerprint density at radius 2 is 2.24 bits per heavy atom. The minimum atomic E-state index is -0.630. The fourth-order valence-electron chi connectivity index (χ4n) is 1.99. The van der Waals surface area contributed by atoms with E-state index in [4.69, 9.17) is 0 Å². The lowest BCUT2D eigenvalue weighted by Gasteiger charge is -2.14. The van der Waals surface area contributed by atoms with Crippen molar-refractivity contribution in [2.24, 2.45) is 5.41 Å². The summed E-state index contributed by atoms with van der Waals surface area (Å²) in [4.78, 5) is 22.0. The molecule has 5 nitrogen and oxygen atoms in total. The predicted octanol–water partition coefficient (Wildman–Crippen LogP) is 2.71. The van der Waals surface area contributed by atoms with Gasteiger partial charge in [0.05, 0.1) is 4.92 Å². The molecule has 0 spiro atoms. The maximum Gasteiger partial charge on any atom is 0.335 e. The average Bonchev–Trinajstić information content (AvgIpc) is 3.03. The largest absolute Gasteiger partial charge is 0.335 e. The molecular formula is C11H13BrN2O3. The predicted molar refractivity (Wildman–Crippen MR) is 67.0 cm³/mol. The number of aromatic nitrogens is 1. The highest BCUT2D eigenvalue weighted by atomic mass is 79.9. The monoisotopic (exact) mass is 300 g/mol. The fraction of sp³-hybridized carbons (Fsp3) is 0.545. The number of pyridine rings is 1. The van der Waals surface area contributed by atoms with Crippen LogP contribution in [0.3, 0.4) is 0 Å². The van der Waals surface area contributed by atoms with Crippen molar-refractivity contribution in [3.05, 3.63) is 37.2 Å². The highest BCUT2D eigenvalue weighted by Gasteiger charge is 2.41. The van der Waals surface area contributed by atoms with Gasteiger partial charge in [0.25, 0.3) is 0 Å². The Kier molecular flexibility index (Phi) is 3.07. The molecule has 1 aliphatic rings. The topological polar surface area (TPSA) is 65.1 Å². The van der Waals surface area contributed by atoms with Crippen molar-refractivity contribution in [3.8, 4) is 0 Å². The molecule has 0 N–H and O–H groups in total. The van der Waals surface area contributed by atoms with E-state index in [1.54, 1.807) is 6.20 Å². The quantitative estimate of drug-likeness (QED) is 0.634. The van der Waals surface area contributed by atoms with Gasteiger partial charge in [0.15, 0.2) is 0 Å². The fourth-order valence-corrected chi connectivity index (χ4v) is 2.46. The second-order valence-electron chi connectivity index (χ2n) is 4.59. The van der Waals surface area contributed by atoms with Crippen LogP contribution in [0.4, 0.5) is 5.69 Å². The molecule has 1 aromatic rings. The van der Waals surface area contributed by atoms with Gasteiger partial charge in [-0.05, 0) is 40.6 Å². The maximum absolute atomic E-state index is 11.9. The van der Waals surface area contributed by atoms with Crippen LogP contribution in [0.15, 0.2) is 21.5 Å². The van der Waals surface area contributed by atoms with E-state index >= 15 is 0 Å². The first kappa shape index (κ1) is 12.3. The Hall–Kier alpha value is -1.17. The van der Waals surface area contributed by atoms with E-state index in [2.05, 4.69) is 22.9 Å². The Morgan fingerprint density at radius 3 is 2.71 bits per heavy atom. The number of hydrogen-bond acceptors (Lipinski definition) is 3. The number of hydrogen-bond donors (Lipinski definition) is 0. The zero-order valence-corrected chi connectivity index (χ0v) is 11.1. The highest BCUT2D eigenvalue weighted by molar-refractivity contribution is 9.10. The summed E-state index contributed by atoms with van der Waals surface area (Å²) in [6.07, 6.45) is 4.82. The second kappa shape index (κ2) is 4.25. The van der Waals surface area contributed by atoms with Gasteiger partial charge in [0.2, 0.25) is 0 Å². The van der Waals surface area contributed by atoms with E-state index in [-0.39, 0.29) is 11.1 Å². The third kappa shape index (κ3) is 2.41. The Morgan fingerprint density at radius 1 is 1.59 bits per heavy atom. The molecule has 1 aliphatic carbocycles. The van der Waals surface area contributed by atoms with Gasteiger partial charge in [-0.3, -0.25) is 14.9 Å². The van der Waals surface area contributed by atoms with Crippen LogP contribution >= 0.6 is 15.9 Å². The molecule has 0 aromatic carbocycles. The minimum Gasteiger partial charge on any atom is -0.308 e. The molecule has 1 aromatic heterocycles. The summed E-state index contributed by atoms with van der Waals surface area (Å²) in [7, 11) is 0. The molecule has 0 unspecified atom stereocenters. The van der Waals surface area contributed by atoms with Crippen LogP contribution in [0.2, 0.25) is 0 Å². The van der Waals surface area contributed by atoms with E-state index < -0.39 is 10.5 Å². The minimum absolute atomic E-state index is 0.179. The van der Waals surface area contributed by atoms with Crippen molar-refractivity contribution < 1.29 is 4.92 Å². The molecule has 92 valence electrons. The smallest absolute Gasteiger partial charge is 0.308 e. The van der Waals surface area contributed by atoms with Crippen molar-refractivity contribution in [1.29, 1.82) is 0 Å². The van der Waals surface area contributed by atoms with Crippen LogP contribution in [0, 0.1) is 15.5 Å². The first-order valence-electron chi connectivity index (χ1n) is 5.52. The lowest BCUT2D eigenvalue weighted by atomic mass is 10.0. The normalized spacial score (nSPS) is 16.8. The van der Waals surface area contributed by atoms with Gasteiger partial charge < -0.3 is 4.57 Å². The second-order valence-corrected chi connectivity index (χ2v) is 5.50. The van der Waals surface area contributed by atoms with Crippen LogP contribution in [0.1, 0.15) is 26.2 Å². The van der Waals surface area contributed by atoms with Gasteiger partial charge in [-0.25, -0.2) is 0 Å². The van der Waals surface area contributed by atoms with E-state index in [9.17, 15) is 14.9 Å². The lowest BCUT2D eigenvalue weighted by molar-refractivity contribution is -0.386. The molecule has 0 amide bonds. The van der Waals surface area contributed by atoms with Gasteiger partial charge in [-0.2, -0.15) is 0 Å². The molecule has 1 heterocycles. The molecule has 0 aliphatic heterocycles. The van der Waals surface area contributed by atoms with Gasteiger partial charge in [0.1, 0.15) is 0 Å². The molecule has 17 heavy (non-hydrogen) atoms. The Balaban J connectivity index is 2.40. The van der Waals surface area contributed by atoms with Crippen molar-refractivity contribution in [2.45, 2.75) is 32.7 Å². The van der Waals surface area contributed by atoms with Crippen LogP contribution in [0.25, 0.3) is 0 Å². The first-order chi connectivity index (χ1) is 7.97. The van der Waals surface area contributed by atoms with Crippen molar-refractivity contribution in [2.75, 3.05) is 0 Å². The molecule has 1 saturated carbocycles. The average molecular weight is 301 g/mol. The zero-order chi connectivity index (χ0) is 12.6. The number of rotatable bonds is 4. The van der Waals surface area contributed by atoms with E-state index in [0.29, 0.717) is 11.0 Å². The van der Waals surface area contributed by atoms with Gasteiger partial charge in [-0.15, -0.1) is 0 Å². The Labute approximate surface area is 107 Å². The highest BCUT2D eigenvalue weighted by Crippen LogP contribution is 2.49. The molecule has 1 fully saturated rings. The third-order valence-electron chi connectivity index (χ3n) is 3.44. The van der Waals surface area contributed by atoms with E-state index in [1.165, 1.54) is 10.6 Å². The van der Waals surface area contributed by atoms with Crippen molar-refractivity contribution >= 4 is 21.6 Å².